The summed E-state index contributed by atoms with van der Waals surface area (Å²) >= 11 is 0. The van der Waals surface area contributed by atoms with Gasteiger partial charge in [-0.05, 0) is 61.2 Å². The highest BCUT2D eigenvalue weighted by Gasteiger charge is 2.12. The number of ether oxygens (including phenoxy) is 1. The number of aliphatic hydroxyl groups is 1. The first-order valence-electron chi connectivity index (χ1n) is 8.64. The van der Waals surface area contributed by atoms with Gasteiger partial charge in [0.15, 0.2) is 6.61 Å². The summed E-state index contributed by atoms with van der Waals surface area (Å²) in [6.07, 6.45) is 0.577. The van der Waals surface area contributed by atoms with Crippen LogP contribution in [0.3, 0.4) is 0 Å². The smallest absolute Gasteiger partial charge is 0.336 e. The number of aryl methyl sites for hydroxylation is 2. The van der Waals surface area contributed by atoms with Crippen LogP contribution in [0.25, 0.3) is 11.0 Å². The first-order valence-corrected chi connectivity index (χ1v) is 8.64. The normalized spacial score (nSPS) is 10.8. The second-order valence-electron chi connectivity index (χ2n) is 6.39. The number of anilines is 1. The van der Waals surface area contributed by atoms with E-state index in [2.05, 4.69) is 5.32 Å². The predicted octanol–water partition coefficient (Wildman–Crippen LogP) is 2.96. The van der Waals surface area contributed by atoms with E-state index in [0.717, 1.165) is 16.7 Å². The zero-order valence-corrected chi connectivity index (χ0v) is 15.2. The standard InChI is InChI=1S/C21H21NO5/c1-13-9-17(21-14(2)11-20(25)27-18(21)10-13)26-12-19(24)22-16-5-3-15(4-6-16)7-8-23/h3-6,9-11,23H,7-8,12H2,1-2H3,(H,22,24). The molecular formula is C21H21NO5. The van der Waals surface area contributed by atoms with Crippen molar-refractivity contribution in [1.29, 1.82) is 0 Å². The van der Waals surface area contributed by atoms with Crippen LogP contribution in [0.5, 0.6) is 5.75 Å². The minimum atomic E-state index is -0.418. The molecule has 0 saturated carbocycles. The summed E-state index contributed by atoms with van der Waals surface area (Å²) in [5.74, 6) is 0.203. The average molecular weight is 367 g/mol. The van der Waals surface area contributed by atoms with Crippen molar-refractivity contribution in [3.63, 3.8) is 0 Å². The molecule has 2 aromatic carbocycles. The molecule has 0 aliphatic rings. The Morgan fingerprint density at radius 1 is 1.15 bits per heavy atom. The van der Waals surface area contributed by atoms with E-state index >= 15 is 0 Å². The number of rotatable bonds is 6. The second-order valence-corrected chi connectivity index (χ2v) is 6.39. The van der Waals surface area contributed by atoms with Gasteiger partial charge in [0.2, 0.25) is 0 Å². The number of aliphatic hydroxyl groups excluding tert-OH is 1. The summed E-state index contributed by atoms with van der Waals surface area (Å²) < 4.78 is 11.0. The lowest BCUT2D eigenvalue weighted by molar-refractivity contribution is -0.118. The lowest BCUT2D eigenvalue weighted by Crippen LogP contribution is -2.20. The quantitative estimate of drug-likeness (QED) is 0.654. The van der Waals surface area contributed by atoms with Crippen LogP contribution in [0.4, 0.5) is 5.69 Å². The maximum absolute atomic E-state index is 12.2. The Morgan fingerprint density at radius 2 is 1.89 bits per heavy atom. The van der Waals surface area contributed by atoms with Gasteiger partial charge in [0, 0.05) is 18.4 Å². The molecule has 0 unspecified atom stereocenters. The molecule has 1 amide bonds. The van der Waals surface area contributed by atoms with E-state index in [1.165, 1.54) is 6.07 Å². The first kappa shape index (κ1) is 18.7. The molecule has 3 aromatic rings. The van der Waals surface area contributed by atoms with E-state index in [9.17, 15) is 9.59 Å². The number of fused-ring (bicyclic) bond motifs is 1. The van der Waals surface area contributed by atoms with Crippen LogP contribution in [0, 0.1) is 13.8 Å². The zero-order chi connectivity index (χ0) is 19.4. The van der Waals surface area contributed by atoms with Crippen molar-refractivity contribution in [2.24, 2.45) is 0 Å². The molecule has 1 heterocycles. The Kier molecular flexibility index (Phi) is 5.57. The van der Waals surface area contributed by atoms with E-state index in [1.807, 2.05) is 25.1 Å². The highest BCUT2D eigenvalue weighted by molar-refractivity contribution is 5.92. The minimum absolute atomic E-state index is 0.0868. The van der Waals surface area contributed by atoms with Crippen molar-refractivity contribution in [2.45, 2.75) is 20.3 Å². The van der Waals surface area contributed by atoms with E-state index < -0.39 is 5.63 Å². The van der Waals surface area contributed by atoms with Crippen LogP contribution in [0.2, 0.25) is 0 Å². The number of benzene rings is 2. The average Bonchev–Trinajstić information content (AvgIpc) is 2.60. The predicted molar refractivity (Wildman–Crippen MR) is 103 cm³/mol. The molecule has 3 rings (SSSR count). The highest BCUT2D eigenvalue weighted by Crippen LogP contribution is 2.29. The number of hydrogen-bond acceptors (Lipinski definition) is 5. The van der Waals surface area contributed by atoms with Gasteiger partial charge in [0.05, 0.1) is 5.39 Å². The van der Waals surface area contributed by atoms with Gasteiger partial charge in [0.1, 0.15) is 11.3 Å². The van der Waals surface area contributed by atoms with Crippen LogP contribution >= 0.6 is 0 Å². The number of carbonyl (C=O) groups is 1. The topological polar surface area (TPSA) is 88.8 Å². The molecule has 0 radical (unpaired) electrons. The Morgan fingerprint density at radius 3 is 2.59 bits per heavy atom. The SMILES string of the molecule is Cc1cc(OCC(=O)Nc2ccc(CCO)cc2)c2c(C)cc(=O)oc2c1. The molecule has 0 aliphatic carbocycles. The van der Waals surface area contributed by atoms with Crippen molar-refractivity contribution in [2.75, 3.05) is 18.5 Å². The summed E-state index contributed by atoms with van der Waals surface area (Å²) in [7, 11) is 0. The minimum Gasteiger partial charge on any atom is -0.483 e. The molecule has 0 fully saturated rings. The van der Waals surface area contributed by atoms with Gasteiger partial charge in [-0.3, -0.25) is 4.79 Å². The first-order chi connectivity index (χ1) is 13.0. The Balaban J connectivity index is 1.72. The summed E-state index contributed by atoms with van der Waals surface area (Å²) in [6, 6.07) is 12.3. The van der Waals surface area contributed by atoms with Crippen molar-refractivity contribution in [3.05, 3.63) is 69.6 Å². The summed E-state index contributed by atoms with van der Waals surface area (Å²) in [4.78, 5) is 23.8. The molecular weight excluding hydrogens is 346 g/mol. The number of carbonyl (C=O) groups excluding carboxylic acids is 1. The van der Waals surface area contributed by atoms with Crippen molar-refractivity contribution >= 4 is 22.6 Å². The van der Waals surface area contributed by atoms with Gasteiger partial charge in [-0.1, -0.05) is 12.1 Å². The Bertz CT molecular complexity index is 1020. The fraction of sp³-hybridized carbons (Fsp3) is 0.238. The van der Waals surface area contributed by atoms with Gasteiger partial charge < -0.3 is 19.6 Å². The van der Waals surface area contributed by atoms with E-state index in [4.69, 9.17) is 14.3 Å². The van der Waals surface area contributed by atoms with E-state index in [0.29, 0.717) is 28.8 Å². The maximum atomic E-state index is 12.2. The number of nitrogens with one attached hydrogen (secondary N) is 1. The molecule has 27 heavy (non-hydrogen) atoms. The van der Waals surface area contributed by atoms with Crippen LogP contribution in [0.15, 0.2) is 51.7 Å². The van der Waals surface area contributed by atoms with Gasteiger partial charge in [-0.15, -0.1) is 0 Å². The highest BCUT2D eigenvalue weighted by atomic mass is 16.5. The summed E-state index contributed by atoms with van der Waals surface area (Å²) in [5, 5.41) is 12.4. The van der Waals surface area contributed by atoms with Crippen LogP contribution in [0.1, 0.15) is 16.7 Å². The summed E-state index contributed by atoms with van der Waals surface area (Å²) in [5.41, 5.74) is 3.27. The van der Waals surface area contributed by atoms with Crippen molar-refractivity contribution in [1.82, 2.24) is 0 Å². The third-order valence-corrected chi connectivity index (χ3v) is 4.15. The third-order valence-electron chi connectivity index (χ3n) is 4.15. The molecule has 2 N–H and O–H groups in total. The molecule has 1 aromatic heterocycles. The van der Waals surface area contributed by atoms with Crippen LogP contribution < -0.4 is 15.7 Å². The third kappa shape index (κ3) is 4.54. The molecule has 0 spiro atoms. The lowest BCUT2D eigenvalue weighted by Gasteiger charge is -2.12. The lowest BCUT2D eigenvalue weighted by atomic mass is 10.1. The molecule has 0 saturated heterocycles. The van der Waals surface area contributed by atoms with Gasteiger partial charge >= 0.3 is 5.63 Å². The van der Waals surface area contributed by atoms with Gasteiger partial charge in [0.25, 0.3) is 5.91 Å². The number of amides is 1. The molecule has 140 valence electrons. The summed E-state index contributed by atoms with van der Waals surface area (Å²) in [6.45, 7) is 3.58. The van der Waals surface area contributed by atoms with Crippen molar-refractivity contribution in [3.8, 4) is 5.75 Å². The maximum Gasteiger partial charge on any atom is 0.336 e. The fourth-order valence-electron chi connectivity index (χ4n) is 2.91. The number of hydrogen-bond donors (Lipinski definition) is 2. The largest absolute Gasteiger partial charge is 0.483 e. The van der Waals surface area contributed by atoms with Crippen molar-refractivity contribution < 1.29 is 19.1 Å². The molecule has 0 bridgehead atoms. The second kappa shape index (κ2) is 8.05. The van der Waals surface area contributed by atoms with Gasteiger partial charge in [-0.2, -0.15) is 0 Å². The zero-order valence-electron chi connectivity index (χ0n) is 15.2. The van der Waals surface area contributed by atoms with Gasteiger partial charge in [-0.25, -0.2) is 4.79 Å². The fourth-order valence-corrected chi connectivity index (χ4v) is 2.91. The molecule has 0 aliphatic heterocycles. The Hall–Kier alpha value is -3.12. The molecule has 0 atom stereocenters. The molecule has 6 nitrogen and oxygen atoms in total. The van der Waals surface area contributed by atoms with Crippen LogP contribution in [-0.4, -0.2) is 24.2 Å². The van der Waals surface area contributed by atoms with E-state index in [1.54, 1.807) is 25.1 Å². The van der Waals surface area contributed by atoms with E-state index in [-0.39, 0.29) is 19.1 Å². The monoisotopic (exact) mass is 367 g/mol. The van der Waals surface area contributed by atoms with Crippen LogP contribution in [-0.2, 0) is 11.2 Å². The molecule has 6 heteroatoms. The Labute approximate surface area is 156 Å².